The minimum absolute atomic E-state index is 0.0388. The zero-order valence-electron chi connectivity index (χ0n) is 11.7. The first-order valence-electron chi connectivity index (χ1n) is 6.26. The predicted molar refractivity (Wildman–Crippen MR) is 70.0 cm³/mol. The zero-order valence-corrected chi connectivity index (χ0v) is 11.7. The minimum Gasteiger partial charge on any atom is -0.346 e. The molecule has 0 saturated heterocycles. The lowest BCUT2D eigenvalue weighted by atomic mass is 9.95. The molecule has 0 fully saturated rings. The van der Waals surface area contributed by atoms with Crippen LogP contribution in [0.25, 0.3) is 0 Å². The topological polar surface area (TPSA) is 51.1 Å². The van der Waals surface area contributed by atoms with Crippen molar-refractivity contribution in [3.63, 3.8) is 0 Å². The van der Waals surface area contributed by atoms with Gasteiger partial charge >= 0.3 is 0 Å². The summed E-state index contributed by atoms with van der Waals surface area (Å²) in [7, 11) is 1.85. The fraction of sp³-hybridized carbons (Fsp3) is 0.571. The van der Waals surface area contributed by atoms with Gasteiger partial charge in [-0.25, -0.2) is 0 Å². The molecule has 0 saturated carbocycles. The molecule has 2 heterocycles. The van der Waals surface area contributed by atoms with Gasteiger partial charge in [-0.15, -0.1) is 0 Å². The van der Waals surface area contributed by atoms with Crippen LogP contribution in [0.1, 0.15) is 59.3 Å². The molecule has 0 bridgehead atoms. The first-order valence-corrected chi connectivity index (χ1v) is 6.26. The highest BCUT2D eigenvalue weighted by atomic mass is 16.2. The van der Waals surface area contributed by atoms with Crippen LogP contribution in [0, 0.1) is 6.92 Å². The molecule has 18 heavy (non-hydrogen) atoms. The number of hydrogen-bond acceptors (Lipinski definition) is 2. The van der Waals surface area contributed by atoms with E-state index in [-0.39, 0.29) is 17.2 Å². The Bertz CT molecular complexity index is 538. The van der Waals surface area contributed by atoms with Crippen LogP contribution in [0.5, 0.6) is 0 Å². The van der Waals surface area contributed by atoms with E-state index in [9.17, 15) is 9.59 Å². The Kier molecular flexibility index (Phi) is 2.84. The van der Waals surface area contributed by atoms with Gasteiger partial charge in [0.15, 0.2) is 5.78 Å². The lowest BCUT2D eigenvalue weighted by Gasteiger charge is -2.23. The van der Waals surface area contributed by atoms with E-state index in [1.165, 1.54) is 0 Å². The van der Waals surface area contributed by atoms with E-state index in [2.05, 4.69) is 5.32 Å². The molecular weight excluding hydrogens is 228 g/mol. The minimum atomic E-state index is -0.224. The normalized spacial score (nSPS) is 17.9. The maximum Gasteiger partial charge on any atom is 0.268 e. The van der Waals surface area contributed by atoms with Gasteiger partial charge in [-0.05, 0) is 46.1 Å². The number of nitrogens with zero attached hydrogens (tertiary/aromatic N) is 1. The van der Waals surface area contributed by atoms with Gasteiger partial charge < -0.3 is 9.88 Å². The van der Waals surface area contributed by atoms with Gasteiger partial charge in [-0.2, -0.15) is 0 Å². The molecule has 0 spiro atoms. The van der Waals surface area contributed by atoms with Crippen molar-refractivity contribution in [3.05, 3.63) is 22.5 Å². The molecule has 1 aromatic heterocycles. The number of ketones is 1. The maximum atomic E-state index is 12.3. The van der Waals surface area contributed by atoms with Crippen LogP contribution in [0.2, 0.25) is 0 Å². The van der Waals surface area contributed by atoms with Crippen LogP contribution >= 0.6 is 0 Å². The quantitative estimate of drug-likeness (QED) is 0.773. The standard InChI is InChI=1S/C14H20N2O2/c1-8-11(9(2)17)10-6-7-14(3,4)15-13(18)12(10)16(8)5/h6-7H2,1-5H3,(H,15,18). The fourth-order valence-corrected chi connectivity index (χ4v) is 2.74. The van der Waals surface area contributed by atoms with Crippen molar-refractivity contribution in [2.75, 3.05) is 0 Å². The molecule has 0 atom stereocenters. The Morgan fingerprint density at radius 3 is 2.56 bits per heavy atom. The Morgan fingerprint density at radius 2 is 2.00 bits per heavy atom. The van der Waals surface area contributed by atoms with Crippen LogP contribution < -0.4 is 5.32 Å². The Morgan fingerprint density at radius 1 is 1.39 bits per heavy atom. The third-order valence-corrected chi connectivity index (χ3v) is 3.81. The molecule has 4 nitrogen and oxygen atoms in total. The van der Waals surface area contributed by atoms with E-state index < -0.39 is 0 Å². The molecular formula is C14H20N2O2. The molecule has 0 aliphatic carbocycles. The second-order valence-electron chi connectivity index (χ2n) is 5.74. The second kappa shape index (κ2) is 3.97. The number of carbonyl (C=O) groups is 2. The summed E-state index contributed by atoms with van der Waals surface area (Å²) in [6.07, 6.45) is 1.60. The van der Waals surface area contributed by atoms with E-state index in [1.807, 2.05) is 32.4 Å². The predicted octanol–water partition coefficient (Wildman–Crippen LogP) is 1.99. The Labute approximate surface area is 107 Å². The summed E-state index contributed by atoms with van der Waals surface area (Å²) in [4.78, 5) is 24.1. The van der Waals surface area contributed by atoms with Crippen molar-refractivity contribution >= 4 is 11.7 Å². The number of hydrogen-bond donors (Lipinski definition) is 1. The summed E-state index contributed by atoms with van der Waals surface area (Å²) in [6.45, 7) is 7.48. The summed E-state index contributed by atoms with van der Waals surface area (Å²) in [5.74, 6) is -0.0394. The summed E-state index contributed by atoms with van der Waals surface area (Å²) in [6, 6.07) is 0. The van der Waals surface area contributed by atoms with Crippen LogP contribution in [-0.2, 0) is 13.5 Å². The summed E-state index contributed by atoms with van der Waals surface area (Å²) in [5, 5.41) is 3.02. The number of Topliss-reactive ketones (excluding diaryl/α,β-unsaturated/α-hetero) is 1. The molecule has 0 unspecified atom stereocenters. The number of carbonyl (C=O) groups excluding carboxylic acids is 2. The Hall–Kier alpha value is -1.58. The maximum absolute atomic E-state index is 12.3. The van der Waals surface area contributed by atoms with Crippen molar-refractivity contribution in [2.45, 2.75) is 46.1 Å². The van der Waals surface area contributed by atoms with Gasteiger partial charge in [0, 0.05) is 23.8 Å². The molecule has 1 N–H and O–H groups in total. The lowest BCUT2D eigenvalue weighted by molar-refractivity contribution is 0.0907. The van der Waals surface area contributed by atoms with Crippen LogP contribution in [0.15, 0.2) is 0 Å². The third kappa shape index (κ3) is 1.85. The highest BCUT2D eigenvalue weighted by Crippen LogP contribution is 2.29. The van der Waals surface area contributed by atoms with Crippen LogP contribution in [-0.4, -0.2) is 21.8 Å². The Balaban J connectivity index is 2.65. The van der Waals surface area contributed by atoms with E-state index in [0.29, 0.717) is 5.69 Å². The van der Waals surface area contributed by atoms with Crippen LogP contribution in [0.3, 0.4) is 0 Å². The number of aromatic nitrogens is 1. The zero-order chi connectivity index (χ0) is 13.7. The molecule has 2 rings (SSSR count). The van der Waals surface area contributed by atoms with E-state index in [0.717, 1.165) is 29.7 Å². The molecule has 1 aliphatic rings. The number of nitrogens with one attached hydrogen (secondary N) is 1. The van der Waals surface area contributed by atoms with Gasteiger partial charge in [-0.3, -0.25) is 9.59 Å². The van der Waals surface area contributed by atoms with Crippen molar-refractivity contribution < 1.29 is 9.59 Å². The third-order valence-electron chi connectivity index (χ3n) is 3.81. The lowest BCUT2D eigenvalue weighted by Crippen LogP contribution is -2.42. The average molecular weight is 248 g/mol. The van der Waals surface area contributed by atoms with Crippen molar-refractivity contribution in [3.8, 4) is 0 Å². The first kappa shape index (κ1) is 12.9. The molecule has 0 aromatic carbocycles. The fourth-order valence-electron chi connectivity index (χ4n) is 2.74. The summed E-state index contributed by atoms with van der Waals surface area (Å²) >= 11 is 0. The summed E-state index contributed by atoms with van der Waals surface area (Å²) < 4.78 is 1.84. The van der Waals surface area contributed by atoms with Gasteiger partial charge in [0.1, 0.15) is 5.69 Å². The average Bonchev–Trinajstić information content (AvgIpc) is 2.40. The van der Waals surface area contributed by atoms with Crippen molar-refractivity contribution in [1.29, 1.82) is 0 Å². The molecule has 0 radical (unpaired) electrons. The highest BCUT2D eigenvalue weighted by molar-refractivity contribution is 6.03. The van der Waals surface area contributed by atoms with E-state index in [4.69, 9.17) is 0 Å². The van der Waals surface area contributed by atoms with Gasteiger partial charge in [0.25, 0.3) is 5.91 Å². The van der Waals surface area contributed by atoms with Crippen LogP contribution in [0.4, 0.5) is 0 Å². The van der Waals surface area contributed by atoms with E-state index >= 15 is 0 Å². The van der Waals surface area contributed by atoms with Crippen molar-refractivity contribution in [1.82, 2.24) is 9.88 Å². The molecule has 1 amide bonds. The SMILES string of the molecule is CC(=O)c1c2c(n(C)c1C)C(=O)NC(C)(C)CC2. The monoisotopic (exact) mass is 248 g/mol. The van der Waals surface area contributed by atoms with Gasteiger partial charge in [0.2, 0.25) is 0 Å². The highest BCUT2D eigenvalue weighted by Gasteiger charge is 2.32. The molecule has 4 heteroatoms. The van der Waals surface area contributed by atoms with Gasteiger partial charge in [0.05, 0.1) is 0 Å². The number of amides is 1. The second-order valence-corrected chi connectivity index (χ2v) is 5.74. The summed E-state index contributed by atoms with van der Waals surface area (Å²) in [5.41, 5.74) is 2.93. The molecule has 98 valence electrons. The first-order chi connectivity index (χ1) is 8.24. The molecule has 1 aliphatic heterocycles. The smallest absolute Gasteiger partial charge is 0.268 e. The molecule has 1 aromatic rings. The van der Waals surface area contributed by atoms with E-state index in [1.54, 1.807) is 6.92 Å². The van der Waals surface area contributed by atoms with Gasteiger partial charge in [-0.1, -0.05) is 0 Å². The number of rotatable bonds is 1. The number of fused-ring (bicyclic) bond motifs is 1. The largest absolute Gasteiger partial charge is 0.346 e. The van der Waals surface area contributed by atoms with Crippen molar-refractivity contribution in [2.24, 2.45) is 7.05 Å².